The molecule has 1 unspecified atom stereocenters. The van der Waals surface area contributed by atoms with E-state index in [-0.39, 0.29) is 28.5 Å². The predicted molar refractivity (Wildman–Crippen MR) is 88.3 cm³/mol. The third-order valence-corrected chi connectivity index (χ3v) is 4.67. The fraction of sp³-hybridized carbons (Fsp3) is 0.533. The number of nitro benzene ring substituents is 1. The van der Waals surface area contributed by atoms with E-state index < -0.39 is 16.0 Å². The summed E-state index contributed by atoms with van der Waals surface area (Å²) in [7, 11) is 0. The van der Waals surface area contributed by atoms with Gasteiger partial charge < -0.3 is 9.45 Å². The van der Waals surface area contributed by atoms with Crippen LogP contribution in [0.25, 0.3) is 0 Å². The van der Waals surface area contributed by atoms with Gasteiger partial charge in [-0.05, 0) is 25.5 Å². The summed E-state index contributed by atoms with van der Waals surface area (Å²) in [4.78, 5) is 27.1. The van der Waals surface area contributed by atoms with Crippen LogP contribution in [0.3, 0.4) is 0 Å². The minimum absolute atomic E-state index is 0.00146. The molecule has 132 valence electrons. The average molecular weight is 354 g/mol. The number of benzene rings is 1. The van der Waals surface area contributed by atoms with Crippen molar-refractivity contribution < 1.29 is 18.5 Å². The van der Waals surface area contributed by atoms with Gasteiger partial charge in [0.1, 0.15) is 5.56 Å². The predicted octanol–water partition coefficient (Wildman–Crippen LogP) is 1.14. The van der Waals surface area contributed by atoms with Gasteiger partial charge in [-0.25, -0.2) is 0 Å². The van der Waals surface area contributed by atoms with Crippen molar-refractivity contribution in [2.45, 2.75) is 25.6 Å². The van der Waals surface area contributed by atoms with Gasteiger partial charge in [-0.3, -0.25) is 24.0 Å². The zero-order chi connectivity index (χ0) is 17.9. The standard InChI is InChI=1S/C15H21N3O5S/c1-11(2)16-5-7-17(8-6-16)15(19)13-4-3-12(10-24(22)23)9-14(13)18(20)21/h3-4,9,11H,5-8,10H2,1-2H3,(H,22,23)/p-1. The van der Waals surface area contributed by atoms with Crippen LogP contribution >= 0.6 is 0 Å². The fourth-order valence-corrected chi connectivity index (χ4v) is 3.20. The first kappa shape index (κ1) is 18.5. The quantitative estimate of drug-likeness (QED) is 0.446. The van der Waals surface area contributed by atoms with E-state index in [9.17, 15) is 23.7 Å². The van der Waals surface area contributed by atoms with Crippen molar-refractivity contribution in [2.75, 3.05) is 26.2 Å². The Morgan fingerprint density at radius 1 is 1.29 bits per heavy atom. The number of hydrogen-bond acceptors (Lipinski definition) is 6. The highest BCUT2D eigenvalue weighted by atomic mass is 32.2. The van der Waals surface area contributed by atoms with Gasteiger partial charge in [0.2, 0.25) is 0 Å². The third-order valence-electron chi connectivity index (χ3n) is 4.11. The minimum atomic E-state index is -2.34. The van der Waals surface area contributed by atoms with Gasteiger partial charge in [-0.15, -0.1) is 0 Å². The zero-order valence-corrected chi connectivity index (χ0v) is 14.5. The van der Waals surface area contributed by atoms with Gasteiger partial charge in [0.05, 0.1) is 4.92 Å². The van der Waals surface area contributed by atoms with Gasteiger partial charge in [-0.1, -0.05) is 17.1 Å². The normalized spacial score (nSPS) is 17.1. The lowest BCUT2D eigenvalue weighted by Gasteiger charge is -2.36. The van der Waals surface area contributed by atoms with E-state index >= 15 is 0 Å². The van der Waals surface area contributed by atoms with Crippen molar-refractivity contribution in [1.82, 2.24) is 9.80 Å². The van der Waals surface area contributed by atoms with Gasteiger partial charge in [0.25, 0.3) is 11.6 Å². The number of rotatable bonds is 5. The Labute approximate surface area is 142 Å². The van der Waals surface area contributed by atoms with Crippen LogP contribution in [0, 0.1) is 10.1 Å². The van der Waals surface area contributed by atoms with E-state index in [4.69, 9.17) is 0 Å². The number of piperazine rings is 1. The summed E-state index contributed by atoms with van der Waals surface area (Å²) >= 11 is -2.34. The molecule has 0 N–H and O–H groups in total. The van der Waals surface area contributed by atoms with E-state index in [1.165, 1.54) is 12.1 Å². The van der Waals surface area contributed by atoms with E-state index in [2.05, 4.69) is 18.7 Å². The molecule has 24 heavy (non-hydrogen) atoms. The van der Waals surface area contributed by atoms with E-state index in [1.54, 1.807) is 4.90 Å². The van der Waals surface area contributed by atoms with E-state index in [1.807, 2.05) is 0 Å². The fourth-order valence-electron chi connectivity index (χ4n) is 2.75. The molecule has 0 saturated carbocycles. The summed E-state index contributed by atoms with van der Waals surface area (Å²) in [5, 5.41) is 11.3. The van der Waals surface area contributed by atoms with Crippen molar-refractivity contribution in [3.05, 3.63) is 39.4 Å². The molecule has 0 aliphatic carbocycles. The summed E-state index contributed by atoms with van der Waals surface area (Å²) in [6.45, 7) is 6.65. The molecular weight excluding hydrogens is 334 g/mol. The second-order valence-electron chi connectivity index (χ2n) is 5.98. The number of hydrogen-bond donors (Lipinski definition) is 0. The highest BCUT2D eigenvalue weighted by Gasteiger charge is 2.28. The van der Waals surface area contributed by atoms with Crippen molar-refractivity contribution in [1.29, 1.82) is 0 Å². The Bertz CT molecular complexity index is 657. The Hall–Kier alpha value is -1.84. The highest BCUT2D eigenvalue weighted by molar-refractivity contribution is 7.78. The number of carbonyl (C=O) groups is 1. The number of nitro groups is 1. The van der Waals surface area contributed by atoms with Crippen LogP contribution in [0.5, 0.6) is 0 Å². The van der Waals surface area contributed by atoms with Crippen LogP contribution in [-0.4, -0.2) is 61.6 Å². The second-order valence-corrected chi connectivity index (χ2v) is 6.87. The molecule has 1 heterocycles. The van der Waals surface area contributed by atoms with Crippen molar-refractivity contribution in [3.8, 4) is 0 Å². The highest BCUT2D eigenvalue weighted by Crippen LogP contribution is 2.23. The molecule has 0 aromatic heterocycles. The summed E-state index contributed by atoms with van der Waals surface area (Å²) < 4.78 is 21.5. The van der Waals surface area contributed by atoms with Crippen molar-refractivity contribution in [3.63, 3.8) is 0 Å². The molecule has 0 bridgehead atoms. The Balaban J connectivity index is 2.20. The average Bonchev–Trinajstić information content (AvgIpc) is 2.53. The Morgan fingerprint density at radius 3 is 2.42 bits per heavy atom. The molecule has 1 aliphatic heterocycles. The van der Waals surface area contributed by atoms with Crippen molar-refractivity contribution in [2.24, 2.45) is 0 Å². The van der Waals surface area contributed by atoms with Crippen LogP contribution < -0.4 is 0 Å². The summed E-state index contributed by atoms with van der Waals surface area (Å²) in [5.74, 6) is -0.706. The Kier molecular flexibility index (Phi) is 6.03. The van der Waals surface area contributed by atoms with Gasteiger partial charge in [0, 0.05) is 44.0 Å². The van der Waals surface area contributed by atoms with Gasteiger partial charge in [0.15, 0.2) is 0 Å². The molecule has 1 atom stereocenters. The summed E-state index contributed by atoms with van der Waals surface area (Å²) in [6, 6.07) is 4.34. The summed E-state index contributed by atoms with van der Waals surface area (Å²) in [6.07, 6.45) is 0. The topological polar surface area (TPSA) is 107 Å². The number of carbonyl (C=O) groups excluding carboxylic acids is 1. The minimum Gasteiger partial charge on any atom is -0.772 e. The van der Waals surface area contributed by atoms with Crippen LogP contribution in [0.2, 0.25) is 0 Å². The van der Waals surface area contributed by atoms with Crippen LogP contribution in [0.15, 0.2) is 18.2 Å². The molecule has 1 aromatic carbocycles. The summed E-state index contributed by atoms with van der Waals surface area (Å²) in [5.41, 5.74) is -0.0659. The molecular formula is C15H20N3O5S-. The Morgan fingerprint density at radius 2 is 1.92 bits per heavy atom. The molecule has 2 rings (SSSR count). The zero-order valence-electron chi connectivity index (χ0n) is 13.6. The molecule has 1 saturated heterocycles. The molecule has 8 nitrogen and oxygen atoms in total. The van der Waals surface area contributed by atoms with Crippen LogP contribution in [0.4, 0.5) is 5.69 Å². The smallest absolute Gasteiger partial charge is 0.282 e. The first-order valence-electron chi connectivity index (χ1n) is 7.66. The maximum Gasteiger partial charge on any atom is 0.282 e. The molecule has 1 aromatic rings. The van der Waals surface area contributed by atoms with Crippen LogP contribution in [0.1, 0.15) is 29.8 Å². The first-order valence-corrected chi connectivity index (χ1v) is 8.90. The molecule has 1 amide bonds. The lowest BCUT2D eigenvalue weighted by atomic mass is 10.1. The molecule has 0 radical (unpaired) electrons. The third kappa shape index (κ3) is 4.37. The molecule has 1 aliphatic rings. The molecule has 1 fully saturated rings. The number of amides is 1. The SMILES string of the molecule is CC(C)N1CCN(C(=O)c2ccc(CS(=O)[O-])cc2[N+](=O)[O-])CC1. The van der Waals surface area contributed by atoms with Crippen LogP contribution in [-0.2, 0) is 16.8 Å². The molecule has 9 heteroatoms. The van der Waals surface area contributed by atoms with Crippen molar-refractivity contribution >= 4 is 22.7 Å². The van der Waals surface area contributed by atoms with Gasteiger partial charge >= 0.3 is 0 Å². The van der Waals surface area contributed by atoms with Gasteiger partial charge in [-0.2, -0.15) is 0 Å². The lowest BCUT2D eigenvalue weighted by molar-refractivity contribution is -0.385. The van der Waals surface area contributed by atoms with E-state index in [0.29, 0.717) is 19.1 Å². The maximum atomic E-state index is 12.6. The molecule has 0 spiro atoms. The number of nitrogens with zero attached hydrogens (tertiary/aromatic N) is 3. The lowest BCUT2D eigenvalue weighted by Crippen LogP contribution is -2.50. The van der Waals surface area contributed by atoms with E-state index in [0.717, 1.165) is 19.2 Å². The maximum absolute atomic E-state index is 12.6. The monoisotopic (exact) mass is 354 g/mol. The first-order chi connectivity index (χ1) is 11.3. The largest absolute Gasteiger partial charge is 0.772 e. The second kappa shape index (κ2) is 7.82.